The van der Waals surface area contributed by atoms with Gasteiger partial charge in [-0.1, -0.05) is 25.4 Å². The van der Waals surface area contributed by atoms with Gasteiger partial charge in [-0.15, -0.1) is 11.3 Å². The first-order valence-electron chi connectivity index (χ1n) is 5.30. The zero-order valence-corrected chi connectivity index (χ0v) is 12.8. The van der Waals surface area contributed by atoms with E-state index in [1.807, 2.05) is 19.9 Å². The number of thiophene rings is 1. The zero-order chi connectivity index (χ0) is 13.0. The molecule has 1 aromatic rings. The summed E-state index contributed by atoms with van der Waals surface area (Å²) in [4.78, 5) is 12.1. The zero-order valence-electron chi connectivity index (χ0n) is 9.67. The summed E-state index contributed by atoms with van der Waals surface area (Å²) in [6, 6.07) is 1.41. The Kier molecular flexibility index (Phi) is 5.92. The maximum atomic E-state index is 11.0. The minimum absolute atomic E-state index is 0.349. The highest BCUT2D eigenvalue weighted by atomic mass is 79.9. The van der Waals surface area contributed by atoms with E-state index in [-0.39, 0.29) is 0 Å². The van der Waals surface area contributed by atoms with Crippen LogP contribution in [0.5, 0.6) is 0 Å². The number of carboxylic acids is 1. The molecule has 2 N–H and O–H groups in total. The van der Waals surface area contributed by atoms with Crippen LogP contribution in [0.25, 0.3) is 0 Å². The molecular weight excluding hydrogens is 326 g/mol. The van der Waals surface area contributed by atoms with Crippen molar-refractivity contribution in [2.75, 3.05) is 0 Å². The molecule has 0 saturated heterocycles. The van der Waals surface area contributed by atoms with Crippen molar-refractivity contribution >= 4 is 44.8 Å². The third-order valence-electron chi connectivity index (χ3n) is 2.22. The summed E-state index contributed by atoms with van der Waals surface area (Å²) < 4.78 is 1.55. The molecule has 1 heterocycles. The summed E-state index contributed by atoms with van der Waals surface area (Å²) in [5.41, 5.74) is 0. The highest BCUT2D eigenvalue weighted by Gasteiger charge is 2.18. The average Bonchev–Trinajstić information content (AvgIpc) is 2.52. The van der Waals surface area contributed by atoms with E-state index >= 15 is 0 Å². The maximum absolute atomic E-state index is 11.0. The van der Waals surface area contributed by atoms with Crippen LogP contribution in [-0.2, 0) is 11.3 Å². The standard InChI is InChI=1S/C11H15BrClNO2S/c1-6(2)3-9(11(15)16)14-5-7-4-8(12)10(13)17-7/h4,6,9,14H,3,5H2,1-2H3,(H,15,16)/t9-/m1/s1. The van der Waals surface area contributed by atoms with Gasteiger partial charge in [0.25, 0.3) is 0 Å². The molecule has 0 aliphatic heterocycles. The second kappa shape index (κ2) is 6.73. The second-order valence-corrected chi connectivity index (χ2v) is 6.83. The lowest BCUT2D eigenvalue weighted by Crippen LogP contribution is -2.37. The predicted molar refractivity (Wildman–Crippen MR) is 74.7 cm³/mol. The van der Waals surface area contributed by atoms with Crippen LogP contribution in [0.15, 0.2) is 10.5 Å². The fourth-order valence-corrected chi connectivity index (χ4v) is 3.19. The summed E-state index contributed by atoms with van der Waals surface area (Å²) in [7, 11) is 0. The van der Waals surface area contributed by atoms with Crippen molar-refractivity contribution in [3.8, 4) is 0 Å². The average molecular weight is 341 g/mol. The van der Waals surface area contributed by atoms with Gasteiger partial charge < -0.3 is 5.11 Å². The normalized spacial score (nSPS) is 13.0. The van der Waals surface area contributed by atoms with Crippen molar-refractivity contribution < 1.29 is 9.90 Å². The molecule has 0 bridgehead atoms. The summed E-state index contributed by atoms with van der Waals surface area (Å²) in [5, 5.41) is 12.1. The lowest BCUT2D eigenvalue weighted by atomic mass is 10.0. The lowest BCUT2D eigenvalue weighted by molar-refractivity contribution is -0.139. The molecule has 6 heteroatoms. The fourth-order valence-electron chi connectivity index (χ4n) is 1.45. The van der Waals surface area contributed by atoms with Crippen LogP contribution in [0.4, 0.5) is 0 Å². The molecule has 0 fully saturated rings. The van der Waals surface area contributed by atoms with Crippen molar-refractivity contribution in [1.29, 1.82) is 0 Å². The van der Waals surface area contributed by atoms with Crippen molar-refractivity contribution in [1.82, 2.24) is 5.32 Å². The van der Waals surface area contributed by atoms with E-state index in [4.69, 9.17) is 16.7 Å². The van der Waals surface area contributed by atoms with Crippen LogP contribution in [0.3, 0.4) is 0 Å². The van der Waals surface area contributed by atoms with Gasteiger partial charge in [0.1, 0.15) is 10.4 Å². The van der Waals surface area contributed by atoms with Crippen LogP contribution < -0.4 is 5.32 Å². The molecule has 0 unspecified atom stereocenters. The number of carboxylic acid groups (broad SMARTS) is 1. The quantitative estimate of drug-likeness (QED) is 0.829. The highest BCUT2D eigenvalue weighted by molar-refractivity contribution is 9.10. The molecule has 3 nitrogen and oxygen atoms in total. The smallest absolute Gasteiger partial charge is 0.320 e. The fraction of sp³-hybridized carbons (Fsp3) is 0.545. The minimum atomic E-state index is -0.805. The second-order valence-electron chi connectivity index (χ2n) is 4.24. The number of rotatable bonds is 6. The summed E-state index contributed by atoms with van der Waals surface area (Å²) in [5.74, 6) is -0.456. The Labute approximate surface area is 118 Å². The third kappa shape index (κ3) is 4.95. The Morgan fingerprint density at radius 2 is 2.29 bits per heavy atom. The predicted octanol–water partition coefficient (Wildman–Crippen LogP) is 3.75. The molecule has 96 valence electrons. The molecule has 0 aromatic carbocycles. The lowest BCUT2D eigenvalue weighted by Gasteiger charge is -2.15. The summed E-state index contributed by atoms with van der Waals surface area (Å²) in [6.45, 7) is 4.55. The van der Waals surface area contributed by atoms with Crippen LogP contribution in [0.1, 0.15) is 25.1 Å². The number of hydrogen-bond acceptors (Lipinski definition) is 3. The van der Waals surface area contributed by atoms with Crippen molar-refractivity contribution in [2.45, 2.75) is 32.9 Å². The van der Waals surface area contributed by atoms with E-state index in [0.29, 0.717) is 23.2 Å². The molecule has 0 radical (unpaired) electrons. The number of aliphatic carboxylic acids is 1. The molecule has 1 aromatic heterocycles. The topological polar surface area (TPSA) is 49.3 Å². The first-order valence-corrected chi connectivity index (χ1v) is 7.28. The first-order chi connectivity index (χ1) is 7.90. The van der Waals surface area contributed by atoms with Gasteiger partial charge in [0, 0.05) is 15.9 Å². The van der Waals surface area contributed by atoms with Gasteiger partial charge in [-0.05, 0) is 34.3 Å². The van der Waals surface area contributed by atoms with E-state index in [1.54, 1.807) is 0 Å². The van der Waals surface area contributed by atoms with E-state index < -0.39 is 12.0 Å². The summed E-state index contributed by atoms with van der Waals surface area (Å²) in [6.07, 6.45) is 0.621. The molecule has 1 atom stereocenters. The molecule has 0 spiro atoms. The minimum Gasteiger partial charge on any atom is -0.480 e. The molecule has 0 saturated carbocycles. The van der Waals surface area contributed by atoms with Crippen LogP contribution in [0.2, 0.25) is 4.34 Å². The Balaban J connectivity index is 2.54. The Morgan fingerprint density at radius 1 is 1.65 bits per heavy atom. The number of carbonyl (C=O) groups is 1. The van der Waals surface area contributed by atoms with Crippen LogP contribution >= 0.6 is 38.9 Å². The molecule has 1 rings (SSSR count). The van der Waals surface area contributed by atoms with E-state index in [0.717, 1.165) is 9.35 Å². The number of hydrogen-bond donors (Lipinski definition) is 2. The van der Waals surface area contributed by atoms with Crippen LogP contribution in [0, 0.1) is 5.92 Å². The number of halogens is 2. The molecule has 0 amide bonds. The van der Waals surface area contributed by atoms with E-state index in [1.165, 1.54) is 11.3 Å². The van der Waals surface area contributed by atoms with Gasteiger partial charge in [0.15, 0.2) is 0 Å². The first kappa shape index (κ1) is 15.0. The molecule has 0 aliphatic carbocycles. The van der Waals surface area contributed by atoms with E-state index in [9.17, 15) is 4.79 Å². The number of nitrogens with one attached hydrogen (secondary N) is 1. The van der Waals surface area contributed by atoms with Gasteiger partial charge >= 0.3 is 5.97 Å². The van der Waals surface area contributed by atoms with Gasteiger partial charge in [-0.25, -0.2) is 0 Å². The third-order valence-corrected chi connectivity index (χ3v) is 4.70. The van der Waals surface area contributed by atoms with Gasteiger partial charge in [-0.2, -0.15) is 0 Å². The van der Waals surface area contributed by atoms with Gasteiger partial charge in [0.2, 0.25) is 0 Å². The molecule has 0 aliphatic rings. The SMILES string of the molecule is CC(C)C[C@@H](NCc1cc(Br)c(Cl)s1)C(=O)O. The van der Waals surface area contributed by atoms with Gasteiger partial charge in [0.05, 0.1) is 0 Å². The van der Waals surface area contributed by atoms with Crippen molar-refractivity contribution in [3.05, 3.63) is 19.8 Å². The van der Waals surface area contributed by atoms with Crippen molar-refractivity contribution in [3.63, 3.8) is 0 Å². The molecule has 17 heavy (non-hydrogen) atoms. The van der Waals surface area contributed by atoms with Crippen molar-refractivity contribution in [2.24, 2.45) is 5.92 Å². The monoisotopic (exact) mass is 339 g/mol. The highest BCUT2D eigenvalue weighted by Crippen LogP contribution is 2.31. The van der Waals surface area contributed by atoms with Crippen LogP contribution in [-0.4, -0.2) is 17.1 Å². The Hall–Kier alpha value is -0.100. The summed E-state index contributed by atoms with van der Waals surface area (Å²) >= 11 is 10.7. The van der Waals surface area contributed by atoms with E-state index in [2.05, 4.69) is 21.2 Å². The molecular formula is C11H15BrClNO2S. The Morgan fingerprint density at radius 3 is 2.71 bits per heavy atom. The maximum Gasteiger partial charge on any atom is 0.320 e. The van der Waals surface area contributed by atoms with Gasteiger partial charge in [-0.3, -0.25) is 10.1 Å². The Bertz CT molecular complexity index is 375. The largest absolute Gasteiger partial charge is 0.480 e.